The summed E-state index contributed by atoms with van der Waals surface area (Å²) in [6.07, 6.45) is 1.52. The van der Waals surface area contributed by atoms with Crippen molar-refractivity contribution in [3.05, 3.63) is 96.3 Å². The first kappa shape index (κ1) is 20.2. The Bertz CT molecular complexity index is 1500. The first-order valence-electron chi connectivity index (χ1n) is 11.3. The number of hydrogen-bond donors (Lipinski definition) is 2. The zero-order valence-electron chi connectivity index (χ0n) is 18.7. The lowest BCUT2D eigenvalue weighted by atomic mass is 9.94. The van der Waals surface area contributed by atoms with E-state index in [0.29, 0.717) is 19.2 Å². The smallest absolute Gasteiger partial charge is 0.243 e. The molecule has 0 fully saturated rings. The first-order valence-corrected chi connectivity index (χ1v) is 11.3. The predicted molar refractivity (Wildman–Crippen MR) is 136 cm³/mol. The van der Waals surface area contributed by atoms with E-state index in [1.807, 2.05) is 6.07 Å². The largest absolute Gasteiger partial charge is 0.471 e. The van der Waals surface area contributed by atoms with Gasteiger partial charge in [0.05, 0.1) is 17.9 Å². The van der Waals surface area contributed by atoms with Crippen LogP contribution in [0.5, 0.6) is 5.88 Å². The third-order valence-corrected chi connectivity index (χ3v) is 6.09. The number of nitrogens with one attached hydrogen (secondary N) is 2. The van der Waals surface area contributed by atoms with Gasteiger partial charge in [-0.05, 0) is 29.7 Å². The van der Waals surface area contributed by atoms with Crippen LogP contribution < -0.4 is 15.4 Å². The number of ether oxygens (including phenoxy) is 1. The Morgan fingerprint density at radius 1 is 0.853 bits per heavy atom. The fraction of sp³-hybridized carbons (Fsp3) is 0.107. The summed E-state index contributed by atoms with van der Waals surface area (Å²) < 4.78 is 6.23. The second-order valence-corrected chi connectivity index (χ2v) is 8.28. The molecule has 2 N–H and O–H groups in total. The Kier molecular flexibility index (Phi) is 5.03. The molecular formula is C28H23N5O. The maximum Gasteiger partial charge on any atom is 0.243 e. The molecule has 3 heterocycles. The molecule has 0 radical (unpaired) electrons. The van der Waals surface area contributed by atoms with Gasteiger partial charge in [-0.2, -0.15) is 4.98 Å². The van der Waals surface area contributed by atoms with Gasteiger partial charge in [-0.1, -0.05) is 72.8 Å². The normalized spacial score (nSPS) is 12.1. The maximum absolute atomic E-state index is 6.23. The number of hydrogen-bond acceptors (Lipinski definition) is 6. The molecule has 166 valence electrons. The lowest BCUT2D eigenvalue weighted by Crippen LogP contribution is -2.04. The van der Waals surface area contributed by atoms with E-state index in [0.717, 1.165) is 55.9 Å². The van der Waals surface area contributed by atoms with Gasteiger partial charge in [-0.3, -0.25) is 0 Å². The lowest BCUT2D eigenvalue weighted by Gasteiger charge is -2.16. The Morgan fingerprint density at radius 2 is 1.68 bits per heavy atom. The zero-order valence-corrected chi connectivity index (χ0v) is 18.7. The molecule has 0 atom stereocenters. The van der Waals surface area contributed by atoms with Crippen molar-refractivity contribution in [2.45, 2.75) is 13.5 Å². The van der Waals surface area contributed by atoms with E-state index in [4.69, 9.17) is 9.72 Å². The molecule has 3 aromatic carbocycles. The van der Waals surface area contributed by atoms with Crippen LogP contribution in [-0.4, -0.2) is 21.6 Å². The molecule has 0 spiro atoms. The van der Waals surface area contributed by atoms with E-state index in [2.05, 4.69) is 100 Å². The van der Waals surface area contributed by atoms with Crippen molar-refractivity contribution < 1.29 is 4.74 Å². The van der Waals surface area contributed by atoms with Crippen molar-refractivity contribution >= 4 is 22.4 Å². The minimum absolute atomic E-state index is 0.334. The average molecular weight is 446 g/mol. The highest BCUT2D eigenvalue weighted by Gasteiger charge is 2.19. The number of pyridine rings is 1. The molecule has 0 amide bonds. The molecule has 0 aliphatic carbocycles. The van der Waals surface area contributed by atoms with E-state index in [1.165, 1.54) is 6.33 Å². The SMILES string of the molecule is Cc1cccc2cc(COc3ncnc4c3NCN4)c(-c3ccccc3-c3ccccc3)nc12. The van der Waals surface area contributed by atoms with Crippen LogP contribution in [0.2, 0.25) is 0 Å². The molecular weight excluding hydrogens is 422 g/mol. The van der Waals surface area contributed by atoms with Crippen molar-refractivity contribution in [1.82, 2.24) is 15.0 Å². The Labute approximate surface area is 197 Å². The Morgan fingerprint density at radius 3 is 2.56 bits per heavy atom. The van der Waals surface area contributed by atoms with Gasteiger partial charge in [-0.15, -0.1) is 0 Å². The molecule has 2 aromatic heterocycles. The first-order chi connectivity index (χ1) is 16.8. The summed E-state index contributed by atoms with van der Waals surface area (Å²) in [5, 5.41) is 7.51. The summed E-state index contributed by atoms with van der Waals surface area (Å²) in [5.74, 6) is 1.29. The molecule has 0 unspecified atom stereocenters. The van der Waals surface area contributed by atoms with Crippen molar-refractivity contribution in [3.63, 3.8) is 0 Å². The highest BCUT2D eigenvalue weighted by atomic mass is 16.5. The monoisotopic (exact) mass is 445 g/mol. The predicted octanol–water partition coefficient (Wildman–Crippen LogP) is 6.04. The van der Waals surface area contributed by atoms with Gasteiger partial charge >= 0.3 is 0 Å². The average Bonchev–Trinajstić information content (AvgIpc) is 3.37. The molecule has 1 aliphatic rings. The summed E-state index contributed by atoms with van der Waals surface area (Å²) in [6, 6.07) is 27.3. The molecule has 34 heavy (non-hydrogen) atoms. The van der Waals surface area contributed by atoms with Crippen molar-refractivity contribution in [2.75, 3.05) is 17.3 Å². The lowest BCUT2D eigenvalue weighted by molar-refractivity contribution is 0.295. The van der Waals surface area contributed by atoms with Crippen LogP contribution in [0.1, 0.15) is 11.1 Å². The number of nitrogens with zero attached hydrogens (tertiary/aromatic N) is 3. The second kappa shape index (κ2) is 8.48. The van der Waals surface area contributed by atoms with Crippen LogP contribution in [0.3, 0.4) is 0 Å². The number of anilines is 2. The van der Waals surface area contributed by atoms with Gasteiger partial charge in [0.15, 0.2) is 5.82 Å². The highest BCUT2D eigenvalue weighted by Crippen LogP contribution is 2.36. The minimum Gasteiger partial charge on any atom is -0.471 e. The molecule has 0 saturated heterocycles. The molecule has 5 aromatic rings. The second-order valence-electron chi connectivity index (χ2n) is 8.28. The fourth-order valence-corrected chi connectivity index (χ4v) is 4.43. The van der Waals surface area contributed by atoms with E-state index in [-0.39, 0.29) is 0 Å². The number of benzene rings is 3. The van der Waals surface area contributed by atoms with Gasteiger partial charge in [0.25, 0.3) is 0 Å². The summed E-state index contributed by atoms with van der Waals surface area (Å²) in [6.45, 7) is 3.04. The summed E-state index contributed by atoms with van der Waals surface area (Å²) >= 11 is 0. The molecule has 6 nitrogen and oxygen atoms in total. The molecule has 1 aliphatic heterocycles. The van der Waals surface area contributed by atoms with Crippen molar-refractivity contribution in [3.8, 4) is 28.3 Å². The Balaban J connectivity index is 1.49. The summed E-state index contributed by atoms with van der Waals surface area (Å²) in [4.78, 5) is 13.8. The third kappa shape index (κ3) is 3.59. The third-order valence-electron chi connectivity index (χ3n) is 6.09. The maximum atomic E-state index is 6.23. The molecule has 0 saturated carbocycles. The Hall–Kier alpha value is -4.45. The van der Waals surface area contributed by atoms with Gasteiger partial charge < -0.3 is 15.4 Å². The van der Waals surface area contributed by atoms with Gasteiger partial charge in [0, 0.05) is 16.5 Å². The van der Waals surface area contributed by atoms with Crippen LogP contribution in [0.15, 0.2) is 85.2 Å². The van der Waals surface area contributed by atoms with Crippen LogP contribution >= 0.6 is 0 Å². The molecule has 0 bridgehead atoms. The number of aromatic nitrogens is 3. The van der Waals surface area contributed by atoms with Crippen molar-refractivity contribution in [1.29, 1.82) is 0 Å². The molecule has 6 rings (SSSR count). The standard InChI is InChI=1S/C28H23N5O/c1-18-8-7-11-20-14-21(15-34-28-26-27(30-16-29-26)31-17-32-28)25(33-24(18)20)23-13-6-5-12-22(23)19-9-3-2-4-10-19/h2-14,17,29H,15-16H2,1H3,(H,30,31,32). The van der Waals surface area contributed by atoms with E-state index in [9.17, 15) is 0 Å². The van der Waals surface area contributed by atoms with E-state index < -0.39 is 0 Å². The minimum atomic E-state index is 0.334. The number of rotatable bonds is 5. The summed E-state index contributed by atoms with van der Waals surface area (Å²) in [5.41, 5.74) is 8.21. The zero-order chi connectivity index (χ0) is 22.9. The van der Waals surface area contributed by atoms with Gasteiger partial charge in [0.1, 0.15) is 18.6 Å². The van der Waals surface area contributed by atoms with Crippen LogP contribution in [0.25, 0.3) is 33.3 Å². The number of aryl methyl sites for hydroxylation is 1. The number of para-hydroxylation sites is 1. The topological polar surface area (TPSA) is 72.0 Å². The van der Waals surface area contributed by atoms with Gasteiger partial charge in [-0.25, -0.2) is 9.97 Å². The van der Waals surface area contributed by atoms with E-state index >= 15 is 0 Å². The fourth-order valence-electron chi connectivity index (χ4n) is 4.43. The number of fused-ring (bicyclic) bond motifs is 2. The van der Waals surface area contributed by atoms with E-state index in [1.54, 1.807) is 0 Å². The van der Waals surface area contributed by atoms with Crippen LogP contribution in [0, 0.1) is 6.92 Å². The highest BCUT2D eigenvalue weighted by molar-refractivity contribution is 5.89. The molecule has 6 heteroatoms. The van der Waals surface area contributed by atoms with Crippen molar-refractivity contribution in [2.24, 2.45) is 0 Å². The van der Waals surface area contributed by atoms with Crippen LogP contribution in [0.4, 0.5) is 11.5 Å². The quantitative estimate of drug-likeness (QED) is 0.344. The summed E-state index contributed by atoms with van der Waals surface area (Å²) in [7, 11) is 0. The van der Waals surface area contributed by atoms with Crippen LogP contribution in [-0.2, 0) is 6.61 Å². The van der Waals surface area contributed by atoms with Gasteiger partial charge in [0.2, 0.25) is 5.88 Å².